The molecule has 0 fully saturated rings. The van der Waals surface area contributed by atoms with Crippen LogP contribution in [0.4, 0.5) is 0 Å². The molecule has 0 aromatic heterocycles. The molecule has 24 heavy (non-hydrogen) atoms. The van der Waals surface area contributed by atoms with E-state index in [0.29, 0.717) is 12.8 Å². The molecule has 0 amide bonds. The Kier molecular flexibility index (Phi) is 18.7. The van der Waals surface area contributed by atoms with Crippen LogP contribution in [0.5, 0.6) is 0 Å². The van der Waals surface area contributed by atoms with Crippen LogP contribution < -0.4 is 47.9 Å². The number of carboxylic acids is 2. The topological polar surface area (TPSA) is 189 Å². The van der Waals surface area contributed by atoms with E-state index in [9.17, 15) is 36.6 Å². The van der Waals surface area contributed by atoms with Gasteiger partial charge in [0.2, 0.25) is 0 Å². The number of rotatable bonds is 8. The van der Waals surface area contributed by atoms with Gasteiger partial charge in [-0.2, -0.15) is 16.8 Å². The third-order valence-electron chi connectivity index (χ3n) is 2.35. The summed E-state index contributed by atoms with van der Waals surface area (Å²) in [5, 5.41) is 16.6. The van der Waals surface area contributed by atoms with Gasteiger partial charge < -0.3 is 19.8 Å². The normalized spacial score (nSPS) is 13.2. The van der Waals surface area contributed by atoms with Crippen LogP contribution in [-0.4, -0.2) is 48.4 Å². The van der Waals surface area contributed by atoms with E-state index in [1.165, 1.54) is 0 Å². The zero-order chi connectivity index (χ0) is 18.1. The maximum Gasteiger partial charge on any atom is 1.00 e. The van der Waals surface area contributed by atoms with Crippen molar-refractivity contribution in [3.8, 4) is 0 Å². The molecule has 14 heteroatoms. The van der Waals surface area contributed by atoms with Crippen LogP contribution in [0.2, 0.25) is 0 Å². The molecule has 2 atom stereocenters. The summed E-state index contributed by atoms with van der Waals surface area (Å²) in [6.07, 6.45) is 0.471. The molecule has 0 spiro atoms. The summed E-state index contributed by atoms with van der Waals surface area (Å²) in [6, 6.07) is 0. The van der Waals surface area contributed by atoms with Gasteiger partial charge in [-0.25, -0.2) is 0 Å². The van der Waals surface area contributed by atoms with E-state index >= 15 is 0 Å². The number of carbonyl (C=O) groups is 2. The first-order valence-electron chi connectivity index (χ1n) is 6.13. The second-order valence-corrected chi connectivity index (χ2v) is 7.42. The number of aliphatic carboxylic acids is 2. The minimum atomic E-state index is -4.49. The van der Waals surface area contributed by atoms with Crippen molar-refractivity contribution in [1.82, 2.24) is 0 Å². The molecule has 0 aromatic carbocycles. The largest absolute Gasteiger partial charge is 1.00 e. The first-order chi connectivity index (χ1) is 9.78. The summed E-state index contributed by atoms with van der Waals surface area (Å²) in [5.74, 6) is -3.51. The first-order valence-corrected chi connectivity index (χ1v) is 9.13. The van der Waals surface area contributed by atoms with E-state index < -0.39 is 42.7 Å². The van der Waals surface area contributed by atoms with Crippen LogP contribution in [-0.2, 0) is 29.8 Å². The fourth-order valence-electron chi connectivity index (χ4n) is 1.30. The Balaban J connectivity index is -0.000000154. The number of carboxylic acid groups (broad SMARTS) is 2. The molecule has 2 N–H and O–H groups in total. The summed E-state index contributed by atoms with van der Waals surface area (Å²) < 4.78 is 57.9. The Morgan fingerprint density at radius 1 is 0.792 bits per heavy atom. The molecule has 132 valence electrons. The van der Waals surface area contributed by atoms with Crippen molar-refractivity contribution >= 4 is 32.2 Å². The first kappa shape index (κ1) is 31.7. The number of hydrogen-bond acceptors (Lipinski definition) is 8. The van der Waals surface area contributed by atoms with Gasteiger partial charge in [0.1, 0.15) is 10.5 Å². The van der Waals surface area contributed by atoms with Crippen LogP contribution in [0, 0.1) is 0 Å². The third-order valence-corrected chi connectivity index (χ3v) is 4.64. The van der Waals surface area contributed by atoms with Crippen molar-refractivity contribution in [2.24, 2.45) is 0 Å². The van der Waals surface area contributed by atoms with Crippen molar-refractivity contribution in [3.63, 3.8) is 0 Å². The molecule has 10 nitrogen and oxygen atoms in total. The number of carbonyl (C=O) groups excluding carboxylic acids is 2. The molecule has 0 rings (SSSR count). The molecule has 0 saturated heterocycles. The standard InChI is InChI=1S/2C5H10O5S.2Li/c2*1-2-3-4(5(6)7)11(8,9)10;;/h2*4H,2-3H2,1H3,(H,6,7)(H,8,9,10);;/q;;2*+1/p-2. The van der Waals surface area contributed by atoms with E-state index in [0.717, 1.165) is 0 Å². The SMILES string of the molecule is CCCC(C(=O)[O-])S(=O)(=O)O.CCCC(C(=O)[O-])S(=O)(=O)O.[Li+].[Li+]. The molecule has 2 unspecified atom stereocenters. The average Bonchev–Trinajstić information content (AvgIpc) is 2.30. The monoisotopic (exact) mass is 376 g/mol. The maximum absolute atomic E-state index is 10.3. The Hall–Kier alpha value is -0.0452. The predicted octanol–water partition coefficient (Wildman–Crippen LogP) is -8.41. The molecule has 0 aromatic rings. The maximum atomic E-state index is 10.3. The fraction of sp³-hybridized carbons (Fsp3) is 0.800. The van der Waals surface area contributed by atoms with Gasteiger partial charge >= 0.3 is 37.7 Å². The summed E-state index contributed by atoms with van der Waals surface area (Å²) in [5.41, 5.74) is 0. The van der Waals surface area contributed by atoms with Crippen molar-refractivity contribution in [3.05, 3.63) is 0 Å². The Labute approximate surface area is 165 Å². The molecular formula is C10H18Li2O10S2. The van der Waals surface area contributed by atoms with E-state index in [4.69, 9.17) is 9.11 Å². The van der Waals surface area contributed by atoms with Crippen molar-refractivity contribution in [2.45, 2.75) is 50.0 Å². The third kappa shape index (κ3) is 14.3. The minimum absolute atomic E-state index is 0. The fourth-order valence-corrected chi connectivity index (χ4v) is 2.85. The Morgan fingerprint density at radius 3 is 1.04 bits per heavy atom. The zero-order valence-electron chi connectivity index (χ0n) is 14.0. The van der Waals surface area contributed by atoms with E-state index in [-0.39, 0.29) is 50.6 Å². The summed E-state index contributed by atoms with van der Waals surface area (Å²) in [6.45, 7) is 3.22. The van der Waals surface area contributed by atoms with Crippen LogP contribution in [0.25, 0.3) is 0 Å². The Morgan fingerprint density at radius 2 is 1.00 bits per heavy atom. The number of hydrogen-bond donors (Lipinski definition) is 2. The smallest absolute Gasteiger partial charge is 0.549 e. The van der Waals surface area contributed by atoms with Gasteiger partial charge in [-0.1, -0.05) is 26.7 Å². The molecule has 0 heterocycles. The molecule has 0 bridgehead atoms. The van der Waals surface area contributed by atoms with Gasteiger partial charge in [0.15, 0.2) is 0 Å². The van der Waals surface area contributed by atoms with Crippen LogP contribution >= 0.6 is 0 Å². The second kappa shape index (κ2) is 14.2. The summed E-state index contributed by atoms with van der Waals surface area (Å²) in [4.78, 5) is 20.2. The van der Waals surface area contributed by atoms with Crippen molar-refractivity contribution < 1.29 is 83.5 Å². The van der Waals surface area contributed by atoms with Gasteiger partial charge in [-0.05, 0) is 12.8 Å². The van der Waals surface area contributed by atoms with Crippen LogP contribution in [0.15, 0.2) is 0 Å². The molecular weight excluding hydrogens is 358 g/mol. The summed E-state index contributed by atoms with van der Waals surface area (Å²) in [7, 11) is -8.98. The second-order valence-electron chi connectivity index (χ2n) is 4.22. The molecule has 0 aliphatic rings. The molecule has 0 aliphatic heterocycles. The Bertz CT molecular complexity index is 520. The van der Waals surface area contributed by atoms with Crippen molar-refractivity contribution in [1.29, 1.82) is 0 Å². The summed E-state index contributed by atoms with van der Waals surface area (Å²) >= 11 is 0. The van der Waals surface area contributed by atoms with Gasteiger partial charge in [-0.15, -0.1) is 0 Å². The molecule has 0 aliphatic carbocycles. The van der Waals surface area contributed by atoms with Gasteiger partial charge in [-0.3, -0.25) is 9.11 Å². The zero-order valence-corrected chi connectivity index (χ0v) is 15.6. The average molecular weight is 376 g/mol. The van der Waals surface area contributed by atoms with Gasteiger partial charge in [0.25, 0.3) is 20.2 Å². The molecule has 0 radical (unpaired) electrons. The van der Waals surface area contributed by atoms with Crippen LogP contribution in [0.1, 0.15) is 39.5 Å². The minimum Gasteiger partial charge on any atom is -0.549 e. The molecule has 0 saturated carbocycles. The predicted molar refractivity (Wildman–Crippen MR) is 70.5 cm³/mol. The van der Waals surface area contributed by atoms with Crippen LogP contribution in [0.3, 0.4) is 0 Å². The van der Waals surface area contributed by atoms with Gasteiger partial charge in [0, 0.05) is 0 Å². The van der Waals surface area contributed by atoms with E-state index in [2.05, 4.69) is 0 Å². The van der Waals surface area contributed by atoms with Crippen molar-refractivity contribution in [2.75, 3.05) is 0 Å². The van der Waals surface area contributed by atoms with Gasteiger partial charge in [0.05, 0.1) is 11.9 Å². The quantitative estimate of drug-likeness (QED) is 0.304. The van der Waals surface area contributed by atoms with E-state index in [1.54, 1.807) is 13.8 Å². The van der Waals surface area contributed by atoms with E-state index in [1.807, 2.05) is 0 Å².